The topological polar surface area (TPSA) is 72.2 Å². The molecule has 0 radical (unpaired) electrons. The van der Waals surface area contributed by atoms with Gasteiger partial charge in [0.15, 0.2) is 5.78 Å². The number of nitrogens with one attached hydrogen (secondary N) is 1. The molecular formula is C5H9ClN2O2. The predicted octanol–water partition coefficient (Wildman–Crippen LogP) is -0.437. The lowest BCUT2D eigenvalue weighted by atomic mass is 10.2. The lowest BCUT2D eigenvalue weighted by Gasteiger charge is -2.03. The maximum atomic E-state index is 10.7. The van der Waals surface area contributed by atoms with Crippen LogP contribution in [0.25, 0.3) is 0 Å². The Hall–Kier alpha value is -0.610. The van der Waals surface area contributed by atoms with Crippen LogP contribution < -0.4 is 10.6 Å². The lowest BCUT2D eigenvalue weighted by Crippen LogP contribution is -2.30. The third kappa shape index (κ3) is 3.42. The molecule has 4 nitrogen and oxygen atoms in total. The highest BCUT2D eigenvalue weighted by molar-refractivity contribution is 6.15. The van der Waals surface area contributed by atoms with Gasteiger partial charge in [0, 0.05) is 0 Å². The van der Waals surface area contributed by atoms with E-state index in [1.54, 1.807) is 6.92 Å². The van der Waals surface area contributed by atoms with Crippen LogP contribution in [0.5, 0.6) is 0 Å². The van der Waals surface area contributed by atoms with Crippen LogP contribution in [-0.2, 0) is 9.59 Å². The molecule has 0 rings (SSSR count). The molecule has 58 valence electrons. The fraction of sp³-hybridized carbons (Fsp3) is 0.600. The quantitative estimate of drug-likeness (QED) is 0.437. The second kappa shape index (κ2) is 4.24. The van der Waals surface area contributed by atoms with Gasteiger partial charge in [-0.3, -0.25) is 9.59 Å². The van der Waals surface area contributed by atoms with Gasteiger partial charge in [0.2, 0.25) is 5.91 Å². The minimum Gasteiger partial charge on any atom is -0.369 e. The molecule has 0 aromatic heterocycles. The van der Waals surface area contributed by atoms with E-state index in [1.165, 1.54) is 0 Å². The number of halogens is 1. The summed E-state index contributed by atoms with van der Waals surface area (Å²) in [6.45, 7) is 1.55. The van der Waals surface area contributed by atoms with Crippen LogP contribution in [0.4, 0.5) is 0 Å². The maximum absolute atomic E-state index is 10.7. The van der Waals surface area contributed by atoms with Crippen molar-refractivity contribution < 1.29 is 9.59 Å². The third-order valence-corrected chi connectivity index (χ3v) is 1.32. The van der Waals surface area contributed by atoms with E-state index in [2.05, 4.69) is 4.84 Å². The molecule has 0 aliphatic heterocycles. The molecule has 0 heterocycles. The molecule has 0 unspecified atom stereocenters. The minimum absolute atomic E-state index is 0.263. The number of amides is 1. The molecule has 0 aromatic carbocycles. The van der Waals surface area contributed by atoms with Crippen LogP contribution in [0, 0.1) is 0 Å². The van der Waals surface area contributed by atoms with Gasteiger partial charge in [-0.15, -0.1) is 0 Å². The SMILES string of the molecule is C[C@H](NCl)C(=O)CC(N)=O. The van der Waals surface area contributed by atoms with Gasteiger partial charge in [-0.05, 0) is 18.7 Å². The van der Waals surface area contributed by atoms with E-state index in [0.717, 1.165) is 0 Å². The molecule has 0 spiro atoms. The van der Waals surface area contributed by atoms with Gasteiger partial charge < -0.3 is 5.73 Å². The van der Waals surface area contributed by atoms with E-state index >= 15 is 0 Å². The summed E-state index contributed by atoms with van der Waals surface area (Å²) in [5.41, 5.74) is 4.76. The summed E-state index contributed by atoms with van der Waals surface area (Å²) < 4.78 is 0. The average molecular weight is 165 g/mol. The van der Waals surface area contributed by atoms with E-state index in [9.17, 15) is 9.59 Å². The predicted molar refractivity (Wildman–Crippen MR) is 37.3 cm³/mol. The molecule has 0 saturated carbocycles. The van der Waals surface area contributed by atoms with Crippen molar-refractivity contribution >= 4 is 23.5 Å². The Labute approximate surface area is 63.8 Å². The Morgan fingerprint density at radius 3 is 2.50 bits per heavy atom. The van der Waals surface area contributed by atoms with Crippen LogP contribution in [0.3, 0.4) is 0 Å². The molecule has 1 amide bonds. The first kappa shape index (κ1) is 9.39. The number of primary amides is 1. The normalized spacial score (nSPS) is 12.6. The maximum Gasteiger partial charge on any atom is 0.224 e. The monoisotopic (exact) mass is 164 g/mol. The summed E-state index contributed by atoms with van der Waals surface area (Å²) in [5.74, 6) is -0.939. The smallest absolute Gasteiger partial charge is 0.224 e. The Kier molecular flexibility index (Phi) is 3.99. The Morgan fingerprint density at radius 1 is 1.70 bits per heavy atom. The van der Waals surface area contributed by atoms with E-state index < -0.39 is 11.9 Å². The second-order valence-electron chi connectivity index (χ2n) is 1.94. The molecule has 0 aliphatic rings. The summed E-state index contributed by atoms with van der Waals surface area (Å²) in [4.78, 5) is 23.1. The van der Waals surface area contributed by atoms with Crippen LogP contribution in [0.2, 0.25) is 0 Å². The largest absolute Gasteiger partial charge is 0.369 e. The Balaban J connectivity index is 3.73. The number of carbonyl (C=O) groups is 2. The van der Waals surface area contributed by atoms with Gasteiger partial charge in [-0.2, -0.15) is 0 Å². The molecule has 5 heteroatoms. The van der Waals surface area contributed by atoms with Crippen molar-refractivity contribution in [2.75, 3.05) is 0 Å². The van der Waals surface area contributed by atoms with Gasteiger partial charge in [0.1, 0.15) is 0 Å². The summed E-state index contributed by atoms with van der Waals surface area (Å²) in [6, 6.07) is -0.519. The van der Waals surface area contributed by atoms with Gasteiger partial charge in [-0.1, -0.05) is 0 Å². The number of ketones is 1. The minimum atomic E-state index is -0.635. The highest BCUT2D eigenvalue weighted by Crippen LogP contribution is 1.90. The molecule has 3 N–H and O–H groups in total. The number of Topliss-reactive ketones (excluding diaryl/α,β-unsaturated/α-hetero) is 1. The second-order valence-corrected chi connectivity index (χ2v) is 2.16. The number of hydrogen-bond donors (Lipinski definition) is 2. The van der Waals surface area contributed by atoms with E-state index in [1.807, 2.05) is 0 Å². The average Bonchev–Trinajstić information content (AvgIpc) is 1.85. The number of rotatable bonds is 4. The summed E-state index contributed by atoms with van der Waals surface area (Å²) in [5, 5.41) is 0. The summed E-state index contributed by atoms with van der Waals surface area (Å²) >= 11 is 5.11. The molecule has 0 fully saturated rings. The molecule has 1 atom stereocenters. The third-order valence-electron chi connectivity index (χ3n) is 0.995. The number of hydrogen-bond acceptors (Lipinski definition) is 3. The van der Waals surface area contributed by atoms with Crippen molar-refractivity contribution in [1.82, 2.24) is 4.84 Å². The van der Waals surface area contributed by atoms with Crippen molar-refractivity contribution in [3.8, 4) is 0 Å². The standard InChI is InChI=1S/C5H9ClN2O2/c1-3(8-6)4(9)2-5(7)10/h3,8H,2H2,1H3,(H2,7,10)/t3-/m0/s1. The summed E-state index contributed by atoms with van der Waals surface area (Å²) in [6.07, 6.45) is -0.263. The van der Waals surface area contributed by atoms with Crippen molar-refractivity contribution in [3.63, 3.8) is 0 Å². The Bertz CT molecular complexity index is 149. The van der Waals surface area contributed by atoms with E-state index in [4.69, 9.17) is 17.5 Å². The van der Waals surface area contributed by atoms with Gasteiger partial charge in [-0.25, -0.2) is 4.84 Å². The fourth-order valence-electron chi connectivity index (χ4n) is 0.386. The zero-order chi connectivity index (χ0) is 8.15. The number of nitrogens with two attached hydrogens (primary N) is 1. The van der Waals surface area contributed by atoms with Crippen LogP contribution >= 0.6 is 11.8 Å². The van der Waals surface area contributed by atoms with Gasteiger partial charge in [0.25, 0.3) is 0 Å². The molecule has 0 saturated heterocycles. The molecule has 10 heavy (non-hydrogen) atoms. The van der Waals surface area contributed by atoms with Crippen molar-refractivity contribution in [2.24, 2.45) is 5.73 Å². The Morgan fingerprint density at radius 2 is 2.20 bits per heavy atom. The van der Waals surface area contributed by atoms with Crippen LogP contribution in [0.1, 0.15) is 13.3 Å². The zero-order valence-electron chi connectivity index (χ0n) is 5.56. The van der Waals surface area contributed by atoms with Crippen LogP contribution in [0.15, 0.2) is 0 Å². The summed E-state index contributed by atoms with van der Waals surface area (Å²) in [7, 11) is 0. The molecule has 0 aromatic rings. The van der Waals surface area contributed by atoms with Crippen molar-refractivity contribution in [2.45, 2.75) is 19.4 Å². The first-order valence-corrected chi connectivity index (χ1v) is 3.13. The first-order chi connectivity index (χ1) is 4.57. The van der Waals surface area contributed by atoms with Crippen molar-refractivity contribution in [3.05, 3.63) is 0 Å². The molecule has 0 aliphatic carbocycles. The van der Waals surface area contributed by atoms with E-state index in [0.29, 0.717) is 0 Å². The fourth-order valence-corrected chi connectivity index (χ4v) is 0.507. The first-order valence-electron chi connectivity index (χ1n) is 2.75. The number of carbonyl (C=O) groups excluding carboxylic acids is 2. The van der Waals surface area contributed by atoms with Gasteiger partial charge >= 0.3 is 0 Å². The molecule has 0 bridgehead atoms. The lowest BCUT2D eigenvalue weighted by molar-refractivity contribution is -0.127. The highest BCUT2D eigenvalue weighted by atomic mass is 35.5. The molecular weight excluding hydrogens is 156 g/mol. The van der Waals surface area contributed by atoms with Crippen molar-refractivity contribution in [1.29, 1.82) is 0 Å². The zero-order valence-corrected chi connectivity index (χ0v) is 6.31. The van der Waals surface area contributed by atoms with E-state index in [-0.39, 0.29) is 12.2 Å². The van der Waals surface area contributed by atoms with Gasteiger partial charge in [0.05, 0.1) is 12.5 Å². The highest BCUT2D eigenvalue weighted by Gasteiger charge is 2.12. The van der Waals surface area contributed by atoms with Crippen LogP contribution in [-0.4, -0.2) is 17.7 Å².